The van der Waals surface area contributed by atoms with Crippen LogP contribution in [0.15, 0.2) is 12.2 Å². The van der Waals surface area contributed by atoms with Gasteiger partial charge in [0.25, 0.3) is 0 Å². The van der Waals surface area contributed by atoms with Gasteiger partial charge in [0, 0.05) is 18.4 Å². The van der Waals surface area contributed by atoms with Crippen molar-refractivity contribution in [2.45, 2.75) is 171 Å². The van der Waals surface area contributed by atoms with Crippen LogP contribution in [0, 0.1) is 68.0 Å². The third kappa shape index (κ3) is 7.21. The summed E-state index contributed by atoms with van der Waals surface area (Å²) in [4.78, 5) is 38.2. The summed E-state index contributed by atoms with van der Waals surface area (Å²) in [7, 11) is 0. The summed E-state index contributed by atoms with van der Waals surface area (Å²) >= 11 is 0. The Labute approximate surface area is 309 Å². The Bertz CT molecular complexity index is 1350. The number of carboxylic acid groups (broad SMARTS) is 1. The zero-order chi connectivity index (χ0) is 37.9. The lowest BCUT2D eigenvalue weighted by atomic mass is 9.32. The van der Waals surface area contributed by atoms with Crippen molar-refractivity contribution in [3.05, 3.63) is 12.2 Å². The van der Waals surface area contributed by atoms with Crippen molar-refractivity contribution >= 4 is 17.8 Å². The van der Waals surface area contributed by atoms with Crippen molar-refractivity contribution in [1.82, 2.24) is 5.32 Å². The number of aliphatic hydroxyl groups excluding tert-OH is 1. The van der Waals surface area contributed by atoms with Gasteiger partial charge in [0.2, 0.25) is 5.91 Å². The van der Waals surface area contributed by atoms with Crippen LogP contribution >= 0.6 is 0 Å². The molecule has 5 rings (SSSR count). The van der Waals surface area contributed by atoms with E-state index in [0.29, 0.717) is 54.9 Å². The number of esters is 1. The van der Waals surface area contributed by atoms with Crippen molar-refractivity contribution in [2.24, 2.45) is 68.0 Å². The minimum Gasteiger partial charge on any atom is -0.481 e. The van der Waals surface area contributed by atoms with E-state index in [1.807, 2.05) is 13.8 Å². The van der Waals surface area contributed by atoms with Crippen LogP contribution in [0.5, 0.6) is 0 Å². The SMILES string of the molecule is C=C(C)[C@@H]1CC[C@]2(CC(=O)NCC(O)CC(C)C)CC[C@]3(C)[C@H](CC[C@@H]4[C@@]5(C)CC[C@H](OC(=O)CC(C)(C)CC(=O)O)C(C)(C)[C@@H]5CC[C@]43C)[C@@H]12. The van der Waals surface area contributed by atoms with Crippen molar-refractivity contribution in [1.29, 1.82) is 0 Å². The summed E-state index contributed by atoms with van der Waals surface area (Å²) in [6.07, 6.45) is 11.7. The molecule has 5 aliphatic rings. The van der Waals surface area contributed by atoms with Gasteiger partial charge in [-0.3, -0.25) is 14.4 Å². The zero-order valence-electron chi connectivity index (χ0n) is 34.0. The molecule has 0 aromatic heterocycles. The first-order chi connectivity index (χ1) is 23.5. The number of fused-ring (bicyclic) bond motifs is 7. The number of rotatable bonds is 12. The van der Waals surface area contributed by atoms with E-state index in [1.54, 1.807) is 0 Å². The number of hydrogen-bond acceptors (Lipinski definition) is 5. The minimum absolute atomic E-state index is 0.00582. The number of nitrogens with one attached hydrogen (secondary N) is 1. The van der Waals surface area contributed by atoms with E-state index in [0.717, 1.165) is 44.9 Å². The van der Waals surface area contributed by atoms with E-state index in [4.69, 9.17) is 4.74 Å². The normalized spacial score (nSPS) is 40.6. The van der Waals surface area contributed by atoms with Crippen LogP contribution in [-0.4, -0.2) is 46.8 Å². The Hall–Kier alpha value is -1.89. The highest BCUT2D eigenvalue weighted by molar-refractivity contribution is 5.77. The molecule has 0 saturated heterocycles. The number of carbonyl (C=O) groups is 3. The minimum atomic E-state index is -0.888. The molecule has 0 bridgehead atoms. The Morgan fingerprint density at radius 1 is 0.882 bits per heavy atom. The van der Waals surface area contributed by atoms with Crippen LogP contribution in [0.1, 0.15) is 159 Å². The highest BCUT2D eigenvalue weighted by Crippen LogP contribution is 2.78. The summed E-state index contributed by atoms with van der Waals surface area (Å²) in [6.45, 7) is 27.4. The average molecular weight is 712 g/mol. The number of amides is 1. The highest BCUT2D eigenvalue weighted by Gasteiger charge is 2.71. The first-order valence-corrected chi connectivity index (χ1v) is 20.5. The number of allylic oxidation sites excluding steroid dienone is 1. The third-order valence-electron chi connectivity index (χ3n) is 16.5. The lowest BCUT2D eigenvalue weighted by molar-refractivity contribution is -0.250. The van der Waals surface area contributed by atoms with E-state index in [-0.39, 0.29) is 57.9 Å². The molecule has 0 aromatic carbocycles. The molecule has 0 heterocycles. The van der Waals surface area contributed by atoms with Gasteiger partial charge in [-0.1, -0.05) is 74.5 Å². The van der Waals surface area contributed by atoms with Gasteiger partial charge in [-0.05, 0) is 140 Å². The fourth-order valence-electron chi connectivity index (χ4n) is 14.1. The second-order valence-corrected chi connectivity index (χ2v) is 21.1. The first-order valence-electron chi connectivity index (χ1n) is 20.5. The second kappa shape index (κ2) is 14.1. The van der Waals surface area contributed by atoms with Gasteiger partial charge in [0.15, 0.2) is 0 Å². The van der Waals surface area contributed by atoms with E-state index in [2.05, 4.69) is 67.3 Å². The number of carbonyl (C=O) groups excluding carboxylic acids is 2. The molecule has 0 aromatic rings. The summed E-state index contributed by atoms with van der Waals surface area (Å²) in [5, 5.41) is 23.0. The van der Waals surface area contributed by atoms with Gasteiger partial charge in [0.1, 0.15) is 6.10 Å². The van der Waals surface area contributed by atoms with Crippen LogP contribution in [-0.2, 0) is 19.1 Å². The van der Waals surface area contributed by atoms with Crippen molar-refractivity contribution in [2.75, 3.05) is 6.54 Å². The number of hydrogen-bond donors (Lipinski definition) is 3. The first kappa shape index (κ1) is 40.3. The quantitative estimate of drug-likeness (QED) is 0.137. The Morgan fingerprint density at radius 2 is 1.57 bits per heavy atom. The zero-order valence-corrected chi connectivity index (χ0v) is 34.0. The molecular formula is C44H73NO6. The number of aliphatic carboxylic acids is 1. The molecule has 0 radical (unpaired) electrons. The van der Waals surface area contributed by atoms with Crippen molar-refractivity contribution in [3.63, 3.8) is 0 Å². The molecule has 5 saturated carbocycles. The predicted molar refractivity (Wildman–Crippen MR) is 203 cm³/mol. The molecule has 1 unspecified atom stereocenters. The topological polar surface area (TPSA) is 113 Å². The largest absolute Gasteiger partial charge is 0.481 e. The molecule has 0 spiro atoms. The summed E-state index contributed by atoms with van der Waals surface area (Å²) < 4.78 is 6.27. The Kier molecular flexibility index (Phi) is 11.1. The van der Waals surface area contributed by atoms with Gasteiger partial charge in [-0.25, -0.2) is 0 Å². The van der Waals surface area contributed by atoms with E-state index >= 15 is 0 Å². The van der Waals surface area contributed by atoms with Gasteiger partial charge < -0.3 is 20.3 Å². The average Bonchev–Trinajstić information content (AvgIpc) is 3.36. The maximum atomic E-state index is 13.6. The van der Waals surface area contributed by atoms with Crippen LogP contribution in [0.4, 0.5) is 0 Å². The third-order valence-corrected chi connectivity index (χ3v) is 16.5. The lowest BCUT2D eigenvalue weighted by Gasteiger charge is -2.73. The summed E-state index contributed by atoms with van der Waals surface area (Å²) in [6, 6.07) is 0. The molecule has 51 heavy (non-hydrogen) atoms. The molecule has 11 atom stereocenters. The van der Waals surface area contributed by atoms with E-state index in [1.165, 1.54) is 24.8 Å². The molecule has 5 fully saturated rings. The summed E-state index contributed by atoms with van der Waals surface area (Å²) in [5.74, 6) is 1.82. The van der Waals surface area contributed by atoms with Crippen LogP contribution < -0.4 is 5.32 Å². The molecule has 7 nitrogen and oxygen atoms in total. The maximum Gasteiger partial charge on any atom is 0.306 e. The van der Waals surface area contributed by atoms with E-state index in [9.17, 15) is 24.6 Å². The highest BCUT2D eigenvalue weighted by atomic mass is 16.5. The van der Waals surface area contributed by atoms with Gasteiger partial charge in [-0.15, -0.1) is 0 Å². The second-order valence-electron chi connectivity index (χ2n) is 21.1. The number of aliphatic hydroxyl groups is 1. The molecule has 1 amide bonds. The lowest BCUT2D eigenvalue weighted by Crippen LogP contribution is -2.67. The summed E-state index contributed by atoms with van der Waals surface area (Å²) in [5.41, 5.74) is 0.952. The fraction of sp³-hybridized carbons (Fsp3) is 0.886. The van der Waals surface area contributed by atoms with Gasteiger partial charge in [-0.2, -0.15) is 0 Å². The van der Waals surface area contributed by atoms with Crippen LogP contribution in [0.2, 0.25) is 0 Å². The van der Waals surface area contributed by atoms with Crippen molar-refractivity contribution in [3.8, 4) is 0 Å². The predicted octanol–water partition coefficient (Wildman–Crippen LogP) is 9.36. The molecule has 5 aliphatic carbocycles. The Morgan fingerprint density at radius 3 is 2.20 bits per heavy atom. The standard InChI is InChI=1S/C44H73NO6/c1-27(2)22-29(46)26-45-35(47)23-44-19-14-30(28(3)4)38(44)31-12-13-33-41(9)17-16-34(51-37(50)25-39(5,6)24-36(48)49)40(7,8)32(41)15-18-43(33,11)42(31,10)20-21-44/h27,29-34,38,46H,3,12-26H2,1-2,4-11H3,(H,45,47)(H,48,49)/t29?,30-,31+,32-,33+,34-,38+,41-,42+,43+,44+/m0/s1. The molecular weight excluding hydrogens is 638 g/mol. The van der Waals surface area contributed by atoms with Gasteiger partial charge >= 0.3 is 11.9 Å². The van der Waals surface area contributed by atoms with E-state index < -0.39 is 17.5 Å². The van der Waals surface area contributed by atoms with Crippen molar-refractivity contribution < 1.29 is 29.3 Å². The molecule has 3 N–H and O–H groups in total. The Balaban J connectivity index is 1.35. The smallest absolute Gasteiger partial charge is 0.306 e. The molecule has 0 aliphatic heterocycles. The number of carboxylic acids is 1. The van der Waals surface area contributed by atoms with Crippen LogP contribution in [0.3, 0.4) is 0 Å². The van der Waals surface area contributed by atoms with Crippen LogP contribution in [0.25, 0.3) is 0 Å². The van der Waals surface area contributed by atoms with Gasteiger partial charge in [0.05, 0.1) is 18.9 Å². The molecule has 290 valence electrons. The maximum absolute atomic E-state index is 13.6. The molecule has 7 heteroatoms. The monoisotopic (exact) mass is 712 g/mol. The number of ether oxygens (including phenoxy) is 1. The fourth-order valence-corrected chi connectivity index (χ4v) is 14.1.